The number of pyridine rings is 1. The zero-order valence-electron chi connectivity index (χ0n) is 28.9. The molecule has 2 amide bonds. The number of anilines is 1. The van der Waals surface area contributed by atoms with Crippen molar-refractivity contribution in [1.82, 2.24) is 9.88 Å². The number of carbonyl (C=O) groups excluding carboxylic acids is 3. The van der Waals surface area contributed by atoms with E-state index in [1.54, 1.807) is 23.2 Å². The van der Waals surface area contributed by atoms with Crippen molar-refractivity contribution < 1.29 is 42.8 Å². The second kappa shape index (κ2) is 20.8. The minimum absolute atomic E-state index is 0.0203. The van der Waals surface area contributed by atoms with Crippen molar-refractivity contribution in [2.24, 2.45) is 11.0 Å². The Bertz CT molecular complexity index is 1380. The van der Waals surface area contributed by atoms with E-state index in [0.29, 0.717) is 90.3 Å². The first kappa shape index (κ1) is 39.0. The van der Waals surface area contributed by atoms with Gasteiger partial charge in [0, 0.05) is 37.3 Å². The largest absolute Gasteiger partial charge is 0.494 e. The standard InChI is InChI=1S/C34H48N6O9/c1-34(2,3)49-33(43)40(30-8-5-6-11-36-30)13-7-15-48-29-10-9-26-22-27(24-31(41)44-4)32(42)39(25-28(26)23-29)14-17-46-19-21-47-20-18-45-16-12-37-38-35/h5-6,8-11,23,27H,7,12-22,24-25H2,1-4H3/t27-/m0/s1. The fourth-order valence-electron chi connectivity index (χ4n) is 4.98. The molecule has 15 heteroatoms. The molecular formula is C34H48N6O9. The minimum Gasteiger partial charge on any atom is -0.494 e. The highest BCUT2D eigenvalue weighted by atomic mass is 16.6. The van der Waals surface area contributed by atoms with Gasteiger partial charge in [-0.25, -0.2) is 9.78 Å². The second-order valence-corrected chi connectivity index (χ2v) is 12.2. The lowest BCUT2D eigenvalue weighted by molar-refractivity contribution is -0.147. The van der Waals surface area contributed by atoms with E-state index in [1.165, 1.54) is 12.0 Å². The van der Waals surface area contributed by atoms with Gasteiger partial charge in [-0.2, -0.15) is 0 Å². The van der Waals surface area contributed by atoms with Gasteiger partial charge in [0.25, 0.3) is 0 Å². The highest BCUT2D eigenvalue weighted by Crippen LogP contribution is 2.28. The lowest BCUT2D eigenvalue weighted by atomic mass is 9.94. The molecule has 2 aromatic rings. The summed E-state index contributed by atoms with van der Waals surface area (Å²) in [5.74, 6) is -0.0152. The number of benzene rings is 1. The summed E-state index contributed by atoms with van der Waals surface area (Å²) < 4.78 is 33.0. The number of fused-ring (bicyclic) bond motifs is 1. The second-order valence-electron chi connectivity index (χ2n) is 12.2. The van der Waals surface area contributed by atoms with Gasteiger partial charge in [-0.1, -0.05) is 17.2 Å². The van der Waals surface area contributed by atoms with Crippen molar-refractivity contribution in [3.05, 3.63) is 64.2 Å². The SMILES string of the molecule is COC(=O)C[C@@H]1Cc2ccc(OCCCN(C(=O)OC(C)(C)C)c3ccccn3)cc2CN(CCOCCOCCOCCN=[N+]=[N-])C1=O. The van der Waals surface area contributed by atoms with Gasteiger partial charge in [0.1, 0.15) is 17.2 Å². The monoisotopic (exact) mass is 684 g/mol. The molecule has 0 aliphatic carbocycles. The number of azide groups is 1. The molecule has 268 valence electrons. The van der Waals surface area contributed by atoms with Crippen LogP contribution in [0.3, 0.4) is 0 Å². The Hall–Kier alpha value is -4.43. The van der Waals surface area contributed by atoms with Crippen LogP contribution in [-0.2, 0) is 46.2 Å². The van der Waals surface area contributed by atoms with Gasteiger partial charge in [0.05, 0.1) is 65.7 Å². The van der Waals surface area contributed by atoms with Crippen molar-refractivity contribution in [2.75, 3.05) is 77.9 Å². The molecule has 49 heavy (non-hydrogen) atoms. The topological polar surface area (TPSA) is 175 Å². The highest BCUT2D eigenvalue weighted by molar-refractivity contribution is 5.86. The number of nitrogens with zero attached hydrogens (tertiary/aromatic N) is 6. The molecule has 3 rings (SSSR count). The molecular weight excluding hydrogens is 636 g/mol. The third-order valence-corrected chi connectivity index (χ3v) is 7.29. The van der Waals surface area contributed by atoms with E-state index in [9.17, 15) is 14.4 Å². The van der Waals surface area contributed by atoms with Crippen molar-refractivity contribution in [2.45, 2.75) is 52.2 Å². The number of carbonyl (C=O) groups is 3. The Morgan fingerprint density at radius 2 is 1.76 bits per heavy atom. The zero-order valence-corrected chi connectivity index (χ0v) is 28.9. The summed E-state index contributed by atoms with van der Waals surface area (Å²) in [7, 11) is 1.31. The minimum atomic E-state index is -0.652. The molecule has 1 aliphatic heterocycles. The Morgan fingerprint density at radius 3 is 2.43 bits per heavy atom. The van der Waals surface area contributed by atoms with Crippen molar-refractivity contribution in [1.29, 1.82) is 0 Å². The van der Waals surface area contributed by atoms with E-state index in [2.05, 4.69) is 15.0 Å². The molecule has 1 aromatic heterocycles. The lowest BCUT2D eigenvalue weighted by Crippen LogP contribution is -2.38. The maximum atomic E-state index is 13.5. The van der Waals surface area contributed by atoms with Crippen LogP contribution >= 0.6 is 0 Å². The zero-order chi connectivity index (χ0) is 35.5. The van der Waals surface area contributed by atoms with Gasteiger partial charge in [-0.3, -0.25) is 14.5 Å². The van der Waals surface area contributed by atoms with Gasteiger partial charge in [-0.15, -0.1) is 0 Å². The summed E-state index contributed by atoms with van der Waals surface area (Å²) >= 11 is 0. The smallest absolute Gasteiger partial charge is 0.416 e. The van der Waals surface area contributed by atoms with E-state index < -0.39 is 23.6 Å². The molecule has 0 spiro atoms. The van der Waals surface area contributed by atoms with Crippen LogP contribution in [-0.4, -0.2) is 106 Å². The van der Waals surface area contributed by atoms with Gasteiger partial charge >= 0.3 is 12.1 Å². The fourth-order valence-corrected chi connectivity index (χ4v) is 4.98. The van der Waals surface area contributed by atoms with Gasteiger partial charge in [0.15, 0.2) is 0 Å². The molecule has 15 nitrogen and oxygen atoms in total. The summed E-state index contributed by atoms with van der Waals surface area (Å²) in [6.07, 6.45) is 2.04. The molecule has 0 unspecified atom stereocenters. The van der Waals surface area contributed by atoms with E-state index in [4.69, 9.17) is 34.0 Å². The molecule has 0 saturated heterocycles. The quantitative estimate of drug-likeness (QED) is 0.0624. The number of rotatable bonds is 20. The third-order valence-electron chi connectivity index (χ3n) is 7.29. The molecule has 0 radical (unpaired) electrons. The van der Waals surface area contributed by atoms with E-state index in [0.717, 1.165) is 11.1 Å². The summed E-state index contributed by atoms with van der Waals surface area (Å²) in [4.78, 5) is 48.8. The van der Waals surface area contributed by atoms with Crippen LogP contribution in [0, 0.1) is 5.92 Å². The summed E-state index contributed by atoms with van der Waals surface area (Å²) in [5, 5.41) is 3.39. The number of esters is 1. The van der Waals surface area contributed by atoms with Crippen LogP contribution in [0.1, 0.15) is 44.7 Å². The highest BCUT2D eigenvalue weighted by Gasteiger charge is 2.32. The molecule has 0 fully saturated rings. The number of aromatic nitrogens is 1. The van der Waals surface area contributed by atoms with E-state index >= 15 is 0 Å². The van der Waals surface area contributed by atoms with Gasteiger partial charge in [0.2, 0.25) is 5.91 Å². The number of methoxy groups -OCH3 is 1. The van der Waals surface area contributed by atoms with Crippen LogP contribution in [0.2, 0.25) is 0 Å². The summed E-state index contributed by atoms with van der Waals surface area (Å²) in [5.41, 5.74) is 9.48. The number of amides is 2. The van der Waals surface area contributed by atoms with Crippen LogP contribution in [0.5, 0.6) is 5.75 Å². The van der Waals surface area contributed by atoms with Crippen molar-refractivity contribution in [3.8, 4) is 5.75 Å². The molecule has 0 saturated carbocycles. The third kappa shape index (κ3) is 14.3. The molecule has 1 atom stereocenters. The first-order chi connectivity index (χ1) is 23.6. The number of hydrogen-bond acceptors (Lipinski definition) is 11. The lowest BCUT2D eigenvalue weighted by Gasteiger charge is -2.26. The molecule has 1 aromatic carbocycles. The van der Waals surface area contributed by atoms with Crippen LogP contribution < -0.4 is 9.64 Å². The number of ether oxygens (including phenoxy) is 6. The normalized spacial score (nSPS) is 14.3. The van der Waals surface area contributed by atoms with Gasteiger partial charge < -0.3 is 33.3 Å². The van der Waals surface area contributed by atoms with E-state index in [1.807, 2.05) is 45.0 Å². The van der Waals surface area contributed by atoms with Crippen LogP contribution in [0.25, 0.3) is 10.4 Å². The van der Waals surface area contributed by atoms with Crippen LogP contribution in [0.15, 0.2) is 47.7 Å². The van der Waals surface area contributed by atoms with Crippen molar-refractivity contribution >= 4 is 23.8 Å². The molecule has 1 aliphatic rings. The van der Waals surface area contributed by atoms with Gasteiger partial charge in [-0.05, 0) is 74.5 Å². The molecule has 0 bridgehead atoms. The van der Waals surface area contributed by atoms with E-state index in [-0.39, 0.29) is 18.9 Å². The van der Waals surface area contributed by atoms with Crippen molar-refractivity contribution in [3.63, 3.8) is 0 Å². The first-order valence-corrected chi connectivity index (χ1v) is 16.4. The Morgan fingerprint density at radius 1 is 1.02 bits per heavy atom. The summed E-state index contributed by atoms with van der Waals surface area (Å²) in [6.45, 7) is 9.15. The average molecular weight is 685 g/mol. The molecule has 2 heterocycles. The maximum absolute atomic E-state index is 13.5. The first-order valence-electron chi connectivity index (χ1n) is 16.4. The maximum Gasteiger partial charge on any atom is 0.416 e. The number of hydrogen-bond donors (Lipinski definition) is 0. The van der Waals surface area contributed by atoms with Crippen LogP contribution in [0.4, 0.5) is 10.6 Å². The molecule has 0 N–H and O–H groups in total. The average Bonchev–Trinajstić information content (AvgIpc) is 3.20. The Balaban J connectivity index is 1.55. The fraction of sp³-hybridized carbons (Fsp3) is 0.588. The predicted octanol–water partition coefficient (Wildman–Crippen LogP) is 4.72. The Labute approximate surface area is 287 Å². The predicted molar refractivity (Wildman–Crippen MR) is 180 cm³/mol. The Kier molecular flexibility index (Phi) is 16.6. The summed E-state index contributed by atoms with van der Waals surface area (Å²) in [6, 6.07) is 11.1.